The Kier molecular flexibility index (Phi) is 6.07. The minimum Gasteiger partial charge on any atom is -0.481 e. The van der Waals surface area contributed by atoms with Crippen molar-refractivity contribution >= 4 is 40.4 Å². The van der Waals surface area contributed by atoms with Crippen molar-refractivity contribution < 1.29 is 9.90 Å². The number of carboxylic acid groups (broad SMARTS) is 1. The molecule has 120 valence electrons. The van der Waals surface area contributed by atoms with Crippen LogP contribution in [0.2, 0.25) is 5.02 Å². The molecule has 1 aromatic heterocycles. The number of thioether (sulfide) groups is 1. The number of aromatic nitrogens is 2. The number of hydrogen-bond acceptors (Lipinski definition) is 3. The van der Waals surface area contributed by atoms with Crippen LogP contribution in [-0.2, 0) is 4.79 Å². The number of fused-ring (bicyclic) bond motifs is 1. The molecule has 4 nitrogen and oxygen atoms in total. The molecule has 2 N–H and O–H groups in total. The fourth-order valence-corrected chi connectivity index (χ4v) is 2.92. The predicted molar refractivity (Wildman–Crippen MR) is 96.2 cm³/mol. The number of H-pyrrole nitrogens is 1. The molecule has 0 aliphatic heterocycles. The summed E-state index contributed by atoms with van der Waals surface area (Å²) in [5, 5.41) is 9.91. The van der Waals surface area contributed by atoms with Crippen LogP contribution in [0, 0.1) is 0 Å². The van der Waals surface area contributed by atoms with Crippen molar-refractivity contribution in [3.8, 4) is 11.1 Å². The van der Waals surface area contributed by atoms with E-state index in [4.69, 9.17) is 16.7 Å². The maximum atomic E-state index is 10.6. The highest BCUT2D eigenvalue weighted by atomic mass is 35.5. The molecule has 3 aromatic rings. The Morgan fingerprint density at radius 2 is 1.96 bits per heavy atom. The normalized spacial score (nSPS) is 10.2. The van der Waals surface area contributed by atoms with Crippen molar-refractivity contribution in [2.24, 2.45) is 0 Å². The first-order chi connectivity index (χ1) is 11.1. The number of halogens is 1. The van der Waals surface area contributed by atoms with Crippen molar-refractivity contribution in [3.05, 3.63) is 47.5 Å². The van der Waals surface area contributed by atoms with E-state index in [1.807, 2.05) is 56.3 Å². The van der Waals surface area contributed by atoms with Crippen molar-refractivity contribution in [2.45, 2.75) is 19.0 Å². The third-order valence-electron chi connectivity index (χ3n) is 2.97. The topological polar surface area (TPSA) is 66.0 Å². The monoisotopic (exact) mass is 348 g/mol. The maximum Gasteiger partial charge on any atom is 0.313 e. The van der Waals surface area contributed by atoms with Gasteiger partial charge in [-0.05, 0) is 17.7 Å². The third-order valence-corrected chi connectivity index (χ3v) is 4.14. The van der Waals surface area contributed by atoms with Gasteiger partial charge in [0.05, 0.1) is 21.8 Å². The van der Waals surface area contributed by atoms with E-state index in [0.29, 0.717) is 10.2 Å². The Morgan fingerprint density at radius 1 is 1.26 bits per heavy atom. The first kappa shape index (κ1) is 17.4. The highest BCUT2D eigenvalue weighted by Gasteiger charge is 2.10. The predicted octanol–water partition coefficient (Wildman–Crippen LogP) is 5.09. The summed E-state index contributed by atoms with van der Waals surface area (Å²) in [5.74, 6) is -0.900. The molecule has 0 saturated heterocycles. The highest BCUT2D eigenvalue weighted by molar-refractivity contribution is 7.99. The highest BCUT2D eigenvalue weighted by Crippen LogP contribution is 2.32. The van der Waals surface area contributed by atoms with Crippen molar-refractivity contribution in [3.63, 3.8) is 0 Å². The molecule has 0 atom stereocenters. The van der Waals surface area contributed by atoms with Crippen LogP contribution in [-0.4, -0.2) is 26.8 Å². The number of aliphatic carboxylic acids is 1. The average molecular weight is 349 g/mol. The summed E-state index contributed by atoms with van der Waals surface area (Å²) in [6.45, 7) is 4.00. The van der Waals surface area contributed by atoms with E-state index in [1.54, 1.807) is 0 Å². The summed E-state index contributed by atoms with van der Waals surface area (Å²) >= 11 is 7.48. The number of benzene rings is 2. The number of nitrogens with zero attached hydrogens (tertiary/aromatic N) is 1. The largest absolute Gasteiger partial charge is 0.481 e. The average Bonchev–Trinajstić information content (AvgIpc) is 2.96. The van der Waals surface area contributed by atoms with Gasteiger partial charge in [0.2, 0.25) is 0 Å². The molecular weight excluding hydrogens is 332 g/mol. The molecule has 0 bridgehead atoms. The fourth-order valence-electron chi connectivity index (χ4n) is 2.04. The van der Waals surface area contributed by atoms with Crippen LogP contribution in [0.15, 0.2) is 47.6 Å². The van der Waals surface area contributed by atoms with Crippen molar-refractivity contribution in [2.75, 3.05) is 5.75 Å². The Hall–Kier alpha value is -1.98. The zero-order valence-electron chi connectivity index (χ0n) is 12.8. The van der Waals surface area contributed by atoms with Crippen LogP contribution >= 0.6 is 23.4 Å². The molecule has 0 spiro atoms. The van der Waals surface area contributed by atoms with E-state index in [9.17, 15) is 4.79 Å². The molecule has 2 aromatic carbocycles. The van der Waals surface area contributed by atoms with Gasteiger partial charge in [0, 0.05) is 5.56 Å². The van der Waals surface area contributed by atoms with E-state index in [2.05, 4.69) is 9.97 Å². The lowest BCUT2D eigenvalue weighted by Gasteiger charge is -2.04. The Bertz CT molecular complexity index is 803. The van der Waals surface area contributed by atoms with Gasteiger partial charge in [-0.15, -0.1) is 0 Å². The number of nitrogens with one attached hydrogen (secondary N) is 1. The zero-order chi connectivity index (χ0) is 16.8. The van der Waals surface area contributed by atoms with Gasteiger partial charge in [-0.3, -0.25) is 4.79 Å². The molecule has 0 radical (unpaired) electrons. The van der Waals surface area contributed by atoms with E-state index in [-0.39, 0.29) is 5.75 Å². The molecule has 0 amide bonds. The van der Waals surface area contributed by atoms with E-state index >= 15 is 0 Å². The van der Waals surface area contributed by atoms with Gasteiger partial charge in [0.15, 0.2) is 5.16 Å². The molecule has 3 rings (SSSR count). The number of carboxylic acids is 1. The minimum atomic E-state index is -0.872. The van der Waals surface area contributed by atoms with E-state index in [0.717, 1.165) is 33.9 Å². The van der Waals surface area contributed by atoms with Crippen LogP contribution in [0.1, 0.15) is 13.8 Å². The molecule has 0 saturated carbocycles. The summed E-state index contributed by atoms with van der Waals surface area (Å²) in [5.41, 5.74) is 3.50. The lowest BCUT2D eigenvalue weighted by Crippen LogP contribution is -1.97. The Labute approximate surface area is 143 Å². The molecule has 0 unspecified atom stereocenters. The standard InChI is InChI=1S/C15H11ClN2O2S.C2H6/c16-11-7-13-12(17-15(18-13)21-8-14(19)20)6-10(11)9-4-2-1-3-5-9;1-2/h1-7H,8H2,(H,17,18)(H,19,20);1-2H3. The SMILES string of the molecule is CC.O=C(O)CSc1nc2cc(-c3ccccc3)c(Cl)cc2[nH]1. The summed E-state index contributed by atoms with van der Waals surface area (Å²) in [4.78, 5) is 18.1. The molecule has 23 heavy (non-hydrogen) atoms. The van der Waals surface area contributed by atoms with Gasteiger partial charge >= 0.3 is 5.97 Å². The number of aromatic amines is 1. The molecule has 0 fully saturated rings. The van der Waals surface area contributed by atoms with Crippen LogP contribution in [0.3, 0.4) is 0 Å². The lowest BCUT2D eigenvalue weighted by molar-refractivity contribution is -0.133. The second-order valence-corrected chi connectivity index (χ2v) is 5.81. The number of imidazole rings is 1. The Morgan fingerprint density at radius 3 is 2.61 bits per heavy atom. The fraction of sp³-hybridized carbons (Fsp3) is 0.176. The number of hydrogen-bond donors (Lipinski definition) is 2. The van der Waals surface area contributed by atoms with Crippen LogP contribution in [0.4, 0.5) is 0 Å². The summed E-state index contributed by atoms with van der Waals surface area (Å²) in [7, 11) is 0. The smallest absolute Gasteiger partial charge is 0.313 e. The van der Waals surface area contributed by atoms with Crippen molar-refractivity contribution in [1.29, 1.82) is 0 Å². The van der Waals surface area contributed by atoms with Crippen molar-refractivity contribution in [1.82, 2.24) is 9.97 Å². The first-order valence-corrected chi connectivity index (χ1v) is 8.59. The van der Waals surface area contributed by atoms with Gasteiger partial charge < -0.3 is 10.1 Å². The first-order valence-electron chi connectivity index (χ1n) is 7.23. The summed E-state index contributed by atoms with van der Waals surface area (Å²) < 4.78 is 0. The second-order valence-electron chi connectivity index (χ2n) is 4.44. The minimum absolute atomic E-state index is 0.0287. The molecule has 6 heteroatoms. The quantitative estimate of drug-likeness (QED) is 0.645. The van der Waals surface area contributed by atoms with Gasteiger partial charge in [0.25, 0.3) is 0 Å². The molecule has 1 heterocycles. The number of carbonyl (C=O) groups is 1. The van der Waals surface area contributed by atoms with E-state index in [1.165, 1.54) is 0 Å². The Balaban J connectivity index is 0.000000924. The number of rotatable bonds is 4. The molecule has 0 aliphatic rings. The third kappa shape index (κ3) is 4.27. The van der Waals surface area contributed by atoms with Crippen LogP contribution in [0.5, 0.6) is 0 Å². The second kappa shape index (κ2) is 8.04. The van der Waals surface area contributed by atoms with Gasteiger partial charge in [-0.2, -0.15) is 0 Å². The summed E-state index contributed by atoms with van der Waals surface area (Å²) in [6, 6.07) is 13.6. The lowest BCUT2D eigenvalue weighted by atomic mass is 10.1. The van der Waals surface area contributed by atoms with Gasteiger partial charge in [0.1, 0.15) is 0 Å². The van der Waals surface area contributed by atoms with Gasteiger partial charge in [-0.25, -0.2) is 4.98 Å². The van der Waals surface area contributed by atoms with Gasteiger partial charge in [-0.1, -0.05) is 67.5 Å². The van der Waals surface area contributed by atoms with E-state index < -0.39 is 5.97 Å². The molecule has 0 aliphatic carbocycles. The zero-order valence-corrected chi connectivity index (χ0v) is 14.4. The van der Waals surface area contributed by atoms with Crippen LogP contribution in [0.25, 0.3) is 22.2 Å². The summed E-state index contributed by atoms with van der Waals surface area (Å²) in [6.07, 6.45) is 0. The molecular formula is C17H17ClN2O2S. The van der Waals surface area contributed by atoms with Crippen LogP contribution < -0.4 is 0 Å². The maximum absolute atomic E-state index is 10.6.